The SMILES string of the molecule is CC(CCc1ccc(Br)cc1)NC(=O)C1CCN(C)C(=O)C1. The van der Waals surface area contributed by atoms with Crippen molar-refractivity contribution in [1.82, 2.24) is 10.2 Å². The van der Waals surface area contributed by atoms with Crippen LogP contribution in [0.25, 0.3) is 0 Å². The fourth-order valence-corrected chi connectivity index (χ4v) is 2.90. The van der Waals surface area contributed by atoms with Crippen LogP contribution in [-0.4, -0.2) is 36.3 Å². The van der Waals surface area contributed by atoms with Crippen molar-refractivity contribution in [2.45, 2.75) is 38.6 Å². The molecule has 4 nitrogen and oxygen atoms in total. The highest BCUT2D eigenvalue weighted by Crippen LogP contribution is 2.18. The molecule has 1 aliphatic rings. The minimum absolute atomic E-state index is 0.0183. The van der Waals surface area contributed by atoms with Gasteiger partial charge < -0.3 is 10.2 Å². The number of aryl methyl sites for hydroxylation is 1. The molecule has 2 atom stereocenters. The lowest BCUT2D eigenvalue weighted by Crippen LogP contribution is -2.44. The molecule has 1 saturated heterocycles. The van der Waals surface area contributed by atoms with E-state index in [1.54, 1.807) is 11.9 Å². The molecule has 0 saturated carbocycles. The van der Waals surface area contributed by atoms with E-state index in [0.29, 0.717) is 13.0 Å². The lowest BCUT2D eigenvalue weighted by molar-refractivity contribution is -0.139. The monoisotopic (exact) mass is 366 g/mol. The van der Waals surface area contributed by atoms with Crippen molar-refractivity contribution in [1.29, 1.82) is 0 Å². The van der Waals surface area contributed by atoms with Gasteiger partial charge in [-0.05, 0) is 43.9 Å². The van der Waals surface area contributed by atoms with Gasteiger partial charge in [-0.15, -0.1) is 0 Å². The molecule has 0 aromatic heterocycles. The number of halogens is 1. The Morgan fingerprint density at radius 3 is 2.73 bits per heavy atom. The molecule has 1 aromatic carbocycles. The van der Waals surface area contributed by atoms with Crippen LogP contribution in [0.1, 0.15) is 31.7 Å². The Balaban J connectivity index is 1.76. The number of nitrogens with one attached hydrogen (secondary N) is 1. The smallest absolute Gasteiger partial charge is 0.223 e. The standard InChI is InChI=1S/C17H23BrN2O2/c1-12(3-4-13-5-7-15(18)8-6-13)19-17(22)14-9-10-20(2)16(21)11-14/h5-8,12,14H,3-4,9-11H2,1-2H3,(H,19,22). The number of nitrogens with zero attached hydrogens (tertiary/aromatic N) is 1. The Labute approximate surface area is 140 Å². The molecule has 0 spiro atoms. The molecule has 120 valence electrons. The van der Waals surface area contributed by atoms with Crippen molar-refractivity contribution >= 4 is 27.7 Å². The number of carbonyl (C=O) groups is 2. The Morgan fingerprint density at radius 1 is 1.41 bits per heavy atom. The fraction of sp³-hybridized carbons (Fsp3) is 0.529. The van der Waals surface area contributed by atoms with Gasteiger partial charge in [-0.1, -0.05) is 28.1 Å². The van der Waals surface area contributed by atoms with Crippen LogP contribution in [-0.2, 0) is 16.0 Å². The summed E-state index contributed by atoms with van der Waals surface area (Å²) < 4.78 is 1.07. The number of carbonyl (C=O) groups excluding carboxylic acids is 2. The maximum absolute atomic E-state index is 12.2. The number of hydrogen-bond donors (Lipinski definition) is 1. The van der Waals surface area contributed by atoms with E-state index in [4.69, 9.17) is 0 Å². The molecule has 0 bridgehead atoms. The first kappa shape index (κ1) is 17.0. The van der Waals surface area contributed by atoms with E-state index in [2.05, 4.69) is 33.4 Å². The Hall–Kier alpha value is -1.36. The fourth-order valence-electron chi connectivity index (χ4n) is 2.63. The molecule has 0 aliphatic carbocycles. The minimum atomic E-state index is -0.168. The molecule has 5 heteroatoms. The van der Waals surface area contributed by atoms with Gasteiger partial charge in [-0.25, -0.2) is 0 Å². The summed E-state index contributed by atoms with van der Waals surface area (Å²) in [4.78, 5) is 25.6. The molecular formula is C17H23BrN2O2. The summed E-state index contributed by atoms with van der Waals surface area (Å²) in [7, 11) is 1.79. The highest BCUT2D eigenvalue weighted by molar-refractivity contribution is 9.10. The molecule has 1 N–H and O–H groups in total. The van der Waals surface area contributed by atoms with Gasteiger partial charge in [0.2, 0.25) is 11.8 Å². The van der Waals surface area contributed by atoms with Gasteiger partial charge in [-0.2, -0.15) is 0 Å². The molecule has 1 aromatic rings. The molecule has 2 amide bonds. The summed E-state index contributed by atoms with van der Waals surface area (Å²) in [5.41, 5.74) is 1.26. The number of benzene rings is 1. The van der Waals surface area contributed by atoms with Gasteiger partial charge in [0.05, 0.1) is 0 Å². The first-order valence-corrected chi connectivity index (χ1v) is 8.54. The van der Waals surface area contributed by atoms with Gasteiger partial charge in [-0.3, -0.25) is 9.59 Å². The van der Waals surface area contributed by atoms with Gasteiger partial charge in [0.1, 0.15) is 0 Å². The molecule has 2 rings (SSSR count). The van der Waals surface area contributed by atoms with E-state index in [1.165, 1.54) is 5.56 Å². The van der Waals surface area contributed by atoms with Crippen LogP contribution in [0.15, 0.2) is 28.7 Å². The first-order valence-electron chi connectivity index (χ1n) is 7.74. The molecule has 0 radical (unpaired) electrons. The zero-order chi connectivity index (χ0) is 16.1. The summed E-state index contributed by atoms with van der Waals surface area (Å²) in [6.45, 7) is 2.69. The summed E-state index contributed by atoms with van der Waals surface area (Å²) in [6, 6.07) is 8.36. The van der Waals surface area contributed by atoms with E-state index < -0.39 is 0 Å². The number of hydrogen-bond acceptors (Lipinski definition) is 2. The van der Waals surface area contributed by atoms with E-state index in [-0.39, 0.29) is 23.8 Å². The van der Waals surface area contributed by atoms with Gasteiger partial charge >= 0.3 is 0 Å². The molecular weight excluding hydrogens is 344 g/mol. The molecule has 2 unspecified atom stereocenters. The van der Waals surface area contributed by atoms with Crippen molar-refractivity contribution in [3.05, 3.63) is 34.3 Å². The van der Waals surface area contributed by atoms with Crippen LogP contribution in [0.4, 0.5) is 0 Å². The topological polar surface area (TPSA) is 49.4 Å². The van der Waals surface area contributed by atoms with E-state index >= 15 is 0 Å². The number of amides is 2. The third-order valence-corrected chi connectivity index (χ3v) is 4.73. The van der Waals surface area contributed by atoms with Gasteiger partial charge in [0.25, 0.3) is 0 Å². The quantitative estimate of drug-likeness (QED) is 0.870. The molecule has 1 aliphatic heterocycles. The lowest BCUT2D eigenvalue weighted by atomic mass is 9.95. The highest BCUT2D eigenvalue weighted by Gasteiger charge is 2.28. The van der Waals surface area contributed by atoms with Crippen molar-refractivity contribution in [3.8, 4) is 0 Å². The third-order valence-electron chi connectivity index (χ3n) is 4.20. The van der Waals surface area contributed by atoms with Crippen LogP contribution in [0.3, 0.4) is 0 Å². The third kappa shape index (κ3) is 4.83. The van der Waals surface area contributed by atoms with E-state index in [9.17, 15) is 9.59 Å². The Kier molecular flexibility index (Phi) is 6.00. The van der Waals surface area contributed by atoms with Gasteiger partial charge in [0, 0.05) is 36.4 Å². The highest BCUT2D eigenvalue weighted by atomic mass is 79.9. The van der Waals surface area contributed by atoms with Crippen LogP contribution >= 0.6 is 15.9 Å². The zero-order valence-corrected chi connectivity index (χ0v) is 14.7. The molecule has 22 heavy (non-hydrogen) atoms. The predicted octanol–water partition coefficient (Wildman–Crippen LogP) is 2.75. The number of likely N-dealkylation sites (tertiary alicyclic amines) is 1. The Morgan fingerprint density at radius 2 is 2.09 bits per heavy atom. The summed E-state index contributed by atoms with van der Waals surface area (Å²) in [6.07, 6.45) is 2.92. The van der Waals surface area contributed by atoms with Crippen molar-refractivity contribution < 1.29 is 9.59 Å². The summed E-state index contributed by atoms with van der Waals surface area (Å²) in [5.74, 6) is -0.0856. The lowest BCUT2D eigenvalue weighted by Gasteiger charge is -2.28. The summed E-state index contributed by atoms with van der Waals surface area (Å²) >= 11 is 3.42. The van der Waals surface area contributed by atoms with Crippen molar-refractivity contribution in [2.24, 2.45) is 5.92 Å². The van der Waals surface area contributed by atoms with Crippen molar-refractivity contribution in [3.63, 3.8) is 0 Å². The van der Waals surface area contributed by atoms with Crippen LogP contribution in [0, 0.1) is 5.92 Å². The average molecular weight is 367 g/mol. The second-order valence-electron chi connectivity index (χ2n) is 6.08. The average Bonchev–Trinajstić information content (AvgIpc) is 2.49. The molecule has 1 heterocycles. The van der Waals surface area contributed by atoms with E-state index in [0.717, 1.165) is 23.7 Å². The number of piperidine rings is 1. The molecule has 1 fully saturated rings. The largest absolute Gasteiger partial charge is 0.353 e. The first-order chi connectivity index (χ1) is 10.5. The van der Waals surface area contributed by atoms with Crippen LogP contribution in [0.5, 0.6) is 0 Å². The van der Waals surface area contributed by atoms with Gasteiger partial charge in [0.15, 0.2) is 0 Å². The van der Waals surface area contributed by atoms with Crippen LogP contribution in [0.2, 0.25) is 0 Å². The second-order valence-corrected chi connectivity index (χ2v) is 7.00. The maximum Gasteiger partial charge on any atom is 0.223 e. The predicted molar refractivity (Wildman–Crippen MR) is 90.4 cm³/mol. The second kappa shape index (κ2) is 7.77. The minimum Gasteiger partial charge on any atom is -0.353 e. The van der Waals surface area contributed by atoms with Crippen molar-refractivity contribution in [2.75, 3.05) is 13.6 Å². The summed E-state index contributed by atoms with van der Waals surface area (Å²) in [5, 5.41) is 3.05. The maximum atomic E-state index is 12.2. The normalized spacial score (nSPS) is 19.9. The number of rotatable bonds is 5. The van der Waals surface area contributed by atoms with E-state index in [1.807, 2.05) is 19.1 Å². The van der Waals surface area contributed by atoms with Crippen LogP contribution < -0.4 is 5.32 Å². The zero-order valence-electron chi connectivity index (χ0n) is 13.1. The Bertz CT molecular complexity index is 530.